The summed E-state index contributed by atoms with van der Waals surface area (Å²) in [6.45, 7) is 10.2. The molecule has 0 aromatic carbocycles. The highest BCUT2D eigenvalue weighted by molar-refractivity contribution is 7.40. The van der Waals surface area contributed by atoms with Crippen LogP contribution in [0.15, 0.2) is 0 Å². The topological polar surface area (TPSA) is 38.7 Å². The first-order valence-corrected chi connectivity index (χ1v) is 9.40. The van der Waals surface area contributed by atoms with E-state index in [1.54, 1.807) is 0 Å². The molecule has 0 fully saturated rings. The Kier molecular flexibility index (Phi) is 14.5. The summed E-state index contributed by atoms with van der Waals surface area (Å²) in [7, 11) is -1.65. The van der Waals surface area contributed by atoms with Crippen LogP contribution < -0.4 is 0 Å². The molecule has 1 N–H and O–H groups in total. The second kappa shape index (κ2) is 14.3. The fraction of sp³-hybridized carbons (Fsp3) is 1.00. The molecule has 0 saturated carbocycles. The van der Waals surface area contributed by atoms with Crippen LogP contribution in [0.3, 0.4) is 0 Å². The maximum atomic E-state index is 9.56. The van der Waals surface area contributed by atoms with Crippen molar-refractivity contribution in [1.29, 1.82) is 0 Å². The summed E-state index contributed by atoms with van der Waals surface area (Å²) >= 11 is 0. The van der Waals surface area contributed by atoms with E-state index in [0.29, 0.717) is 13.2 Å². The van der Waals surface area contributed by atoms with Gasteiger partial charge in [0, 0.05) is 0 Å². The predicted molar refractivity (Wildman–Crippen MR) is 87.7 cm³/mol. The van der Waals surface area contributed by atoms with Crippen molar-refractivity contribution in [3.8, 4) is 0 Å². The molecule has 0 amide bonds. The first-order chi connectivity index (χ1) is 9.52. The zero-order valence-corrected chi connectivity index (χ0v) is 14.8. The highest BCUT2D eigenvalue weighted by Crippen LogP contribution is 2.33. The van der Waals surface area contributed by atoms with Crippen molar-refractivity contribution < 1.29 is 13.9 Å². The first kappa shape index (κ1) is 20.3. The van der Waals surface area contributed by atoms with Gasteiger partial charge in [-0.3, -0.25) is 0 Å². The Hall–Kier alpha value is 0.310. The summed E-state index contributed by atoms with van der Waals surface area (Å²) in [5, 5.41) is 0. The number of hydrogen-bond donors (Lipinski definition) is 1. The van der Waals surface area contributed by atoms with Crippen LogP contribution >= 0.6 is 8.60 Å². The van der Waals surface area contributed by atoms with Crippen LogP contribution in [0.25, 0.3) is 0 Å². The van der Waals surface area contributed by atoms with E-state index in [0.717, 1.165) is 24.7 Å². The fourth-order valence-corrected chi connectivity index (χ4v) is 2.63. The molecular formula is C16H35O3P. The van der Waals surface area contributed by atoms with Gasteiger partial charge in [0.15, 0.2) is 0 Å². The van der Waals surface area contributed by atoms with E-state index in [-0.39, 0.29) is 0 Å². The molecule has 0 unspecified atom stereocenters. The van der Waals surface area contributed by atoms with Gasteiger partial charge in [0.1, 0.15) is 0 Å². The van der Waals surface area contributed by atoms with E-state index < -0.39 is 8.60 Å². The van der Waals surface area contributed by atoms with Crippen molar-refractivity contribution >= 4 is 8.60 Å². The lowest BCUT2D eigenvalue weighted by molar-refractivity contribution is 0.193. The number of unbranched alkanes of at least 4 members (excludes halogenated alkanes) is 4. The first-order valence-electron chi connectivity index (χ1n) is 8.27. The van der Waals surface area contributed by atoms with Gasteiger partial charge in [-0.1, -0.05) is 66.2 Å². The molecule has 0 aromatic heterocycles. The standard InChI is InChI=1S/C16H35O3P/c1-15(2)11-7-5-9-13-18-20(17)19-14-10-6-8-12-16(3)4/h15-17H,5-14H2,1-4H3. The minimum atomic E-state index is -1.65. The van der Waals surface area contributed by atoms with E-state index >= 15 is 0 Å². The Labute approximate surface area is 127 Å². The zero-order valence-electron chi connectivity index (χ0n) is 13.9. The van der Waals surface area contributed by atoms with Crippen molar-refractivity contribution in [2.24, 2.45) is 11.8 Å². The van der Waals surface area contributed by atoms with Gasteiger partial charge < -0.3 is 13.9 Å². The molecule has 0 rings (SSSR count). The van der Waals surface area contributed by atoms with Gasteiger partial charge in [-0.25, -0.2) is 0 Å². The van der Waals surface area contributed by atoms with Crippen LogP contribution in [-0.4, -0.2) is 18.1 Å². The number of rotatable bonds is 14. The van der Waals surface area contributed by atoms with Gasteiger partial charge in [-0.05, 0) is 24.7 Å². The minimum Gasteiger partial charge on any atom is -0.328 e. The molecule has 0 heterocycles. The average molecular weight is 306 g/mol. The van der Waals surface area contributed by atoms with E-state index in [1.807, 2.05) is 0 Å². The minimum absolute atomic E-state index is 0.619. The third-order valence-corrected chi connectivity index (χ3v) is 4.06. The molecule has 0 spiro atoms. The Morgan fingerprint density at radius 2 is 1.10 bits per heavy atom. The summed E-state index contributed by atoms with van der Waals surface area (Å²) < 4.78 is 10.6. The second-order valence-electron chi connectivity index (χ2n) is 6.39. The van der Waals surface area contributed by atoms with E-state index in [4.69, 9.17) is 9.05 Å². The van der Waals surface area contributed by atoms with Crippen LogP contribution in [0, 0.1) is 11.8 Å². The van der Waals surface area contributed by atoms with Crippen molar-refractivity contribution in [1.82, 2.24) is 0 Å². The molecule has 0 aliphatic heterocycles. The lowest BCUT2D eigenvalue weighted by Crippen LogP contribution is -1.96. The summed E-state index contributed by atoms with van der Waals surface area (Å²) in [5.41, 5.74) is 0. The molecule has 0 bridgehead atoms. The molecule has 0 saturated heterocycles. The van der Waals surface area contributed by atoms with Crippen molar-refractivity contribution in [3.63, 3.8) is 0 Å². The Morgan fingerprint density at radius 3 is 1.45 bits per heavy atom. The Balaban J connectivity index is 3.18. The maximum Gasteiger partial charge on any atom is 0.329 e. The molecule has 0 aliphatic rings. The van der Waals surface area contributed by atoms with Gasteiger partial charge in [0.2, 0.25) is 0 Å². The largest absolute Gasteiger partial charge is 0.329 e. The predicted octanol–water partition coefficient (Wildman–Crippen LogP) is 5.67. The molecule has 4 heteroatoms. The van der Waals surface area contributed by atoms with Gasteiger partial charge in [-0.15, -0.1) is 0 Å². The monoisotopic (exact) mass is 306 g/mol. The van der Waals surface area contributed by atoms with Gasteiger partial charge in [0.05, 0.1) is 13.2 Å². The molecule has 0 aliphatic carbocycles. The van der Waals surface area contributed by atoms with Crippen LogP contribution in [0.2, 0.25) is 0 Å². The average Bonchev–Trinajstić information content (AvgIpc) is 2.37. The molecule has 20 heavy (non-hydrogen) atoms. The summed E-state index contributed by atoms with van der Waals surface area (Å²) in [4.78, 5) is 9.56. The van der Waals surface area contributed by atoms with Gasteiger partial charge >= 0.3 is 8.60 Å². The molecule has 0 aromatic rings. The molecule has 0 radical (unpaired) electrons. The third-order valence-electron chi connectivity index (χ3n) is 3.26. The van der Waals surface area contributed by atoms with Crippen molar-refractivity contribution in [3.05, 3.63) is 0 Å². The van der Waals surface area contributed by atoms with Gasteiger partial charge in [-0.2, -0.15) is 0 Å². The van der Waals surface area contributed by atoms with Gasteiger partial charge in [0.25, 0.3) is 0 Å². The Bertz CT molecular complexity index is 178. The lowest BCUT2D eigenvalue weighted by Gasteiger charge is -2.11. The van der Waals surface area contributed by atoms with Crippen LogP contribution in [0.1, 0.15) is 79.1 Å². The molecular weight excluding hydrogens is 271 g/mol. The highest BCUT2D eigenvalue weighted by atomic mass is 31.2. The fourth-order valence-electron chi connectivity index (χ4n) is 1.99. The molecule has 0 atom stereocenters. The van der Waals surface area contributed by atoms with Crippen LogP contribution in [0.5, 0.6) is 0 Å². The van der Waals surface area contributed by atoms with Crippen molar-refractivity contribution in [2.45, 2.75) is 79.1 Å². The van der Waals surface area contributed by atoms with E-state index in [2.05, 4.69) is 27.7 Å². The Morgan fingerprint density at radius 1 is 0.700 bits per heavy atom. The second-order valence-corrected chi connectivity index (χ2v) is 7.38. The summed E-state index contributed by atoms with van der Waals surface area (Å²) in [6, 6.07) is 0. The van der Waals surface area contributed by atoms with Crippen LogP contribution in [0.4, 0.5) is 0 Å². The van der Waals surface area contributed by atoms with E-state index in [1.165, 1.54) is 38.5 Å². The molecule has 122 valence electrons. The zero-order chi connectivity index (χ0) is 15.2. The lowest BCUT2D eigenvalue weighted by atomic mass is 10.1. The SMILES string of the molecule is CC(C)CCCCCOP(O)OCCCCCC(C)C. The van der Waals surface area contributed by atoms with Crippen LogP contribution in [-0.2, 0) is 9.05 Å². The van der Waals surface area contributed by atoms with Crippen molar-refractivity contribution in [2.75, 3.05) is 13.2 Å². The number of hydrogen-bond acceptors (Lipinski definition) is 3. The normalized spacial score (nSPS) is 12.0. The highest BCUT2D eigenvalue weighted by Gasteiger charge is 2.06. The smallest absolute Gasteiger partial charge is 0.328 e. The maximum absolute atomic E-state index is 9.56. The quantitative estimate of drug-likeness (QED) is 0.332. The molecule has 3 nitrogen and oxygen atoms in total. The van der Waals surface area contributed by atoms with E-state index in [9.17, 15) is 4.89 Å². The summed E-state index contributed by atoms with van der Waals surface area (Å²) in [5.74, 6) is 1.56. The third kappa shape index (κ3) is 16.4. The summed E-state index contributed by atoms with van der Waals surface area (Å²) in [6.07, 6.45) is 9.45.